The summed E-state index contributed by atoms with van der Waals surface area (Å²) in [6.07, 6.45) is -4.05. The number of halogens is 3. The highest BCUT2D eigenvalue weighted by Gasteiger charge is 2.30. The Morgan fingerprint density at radius 2 is 1.53 bits per heavy atom. The van der Waals surface area contributed by atoms with Gasteiger partial charge in [-0.3, -0.25) is 14.5 Å². The van der Waals surface area contributed by atoms with Crippen LogP contribution in [0.2, 0.25) is 0 Å². The van der Waals surface area contributed by atoms with Crippen LogP contribution in [0.5, 0.6) is 0 Å². The summed E-state index contributed by atoms with van der Waals surface area (Å²) >= 11 is 0. The van der Waals surface area contributed by atoms with E-state index in [4.69, 9.17) is 0 Å². The Morgan fingerprint density at radius 3 is 2.10 bits per heavy atom. The number of carbonyl (C=O) groups is 2. The first-order chi connectivity index (χ1) is 14.2. The molecule has 8 heteroatoms. The van der Waals surface area contributed by atoms with Gasteiger partial charge in [-0.15, -0.1) is 0 Å². The molecule has 1 aliphatic rings. The van der Waals surface area contributed by atoms with E-state index in [1.54, 1.807) is 4.90 Å². The lowest BCUT2D eigenvalue weighted by Gasteiger charge is -2.34. The maximum Gasteiger partial charge on any atom is 0.416 e. The summed E-state index contributed by atoms with van der Waals surface area (Å²) in [7, 11) is 0. The van der Waals surface area contributed by atoms with Gasteiger partial charge in [0.15, 0.2) is 0 Å². The molecule has 3 rings (SSSR count). The Labute approximate surface area is 173 Å². The number of amides is 2. The van der Waals surface area contributed by atoms with Gasteiger partial charge in [0.2, 0.25) is 11.8 Å². The standard InChI is InChI=1S/C22H24F3N3O2/c1-16-2-4-17(5-3-16)14-21(30)28-12-10-27(11-13-28)15-20(29)26-19-8-6-18(7-9-19)22(23,24)25/h2-9H,10-15H2,1H3,(H,26,29). The van der Waals surface area contributed by atoms with Crippen molar-refractivity contribution in [2.75, 3.05) is 38.0 Å². The minimum absolute atomic E-state index is 0.0627. The van der Waals surface area contributed by atoms with Crippen LogP contribution < -0.4 is 5.32 Å². The van der Waals surface area contributed by atoms with Crippen LogP contribution in [0.15, 0.2) is 48.5 Å². The second kappa shape index (κ2) is 9.30. The summed E-state index contributed by atoms with van der Waals surface area (Å²) in [5.74, 6) is -0.234. The third kappa shape index (κ3) is 6.06. The number of benzene rings is 2. The Morgan fingerprint density at radius 1 is 0.933 bits per heavy atom. The van der Waals surface area contributed by atoms with Crippen LogP contribution in [-0.4, -0.2) is 54.3 Å². The Kier molecular flexibility index (Phi) is 6.77. The molecule has 2 aromatic rings. The SMILES string of the molecule is Cc1ccc(CC(=O)N2CCN(CC(=O)Nc3ccc(C(F)(F)F)cc3)CC2)cc1. The molecular weight excluding hydrogens is 395 g/mol. The van der Waals surface area contributed by atoms with Gasteiger partial charge in [-0.2, -0.15) is 13.2 Å². The van der Waals surface area contributed by atoms with Gasteiger partial charge in [-0.05, 0) is 36.8 Å². The van der Waals surface area contributed by atoms with Crippen molar-refractivity contribution in [2.24, 2.45) is 0 Å². The van der Waals surface area contributed by atoms with Crippen LogP contribution in [0.25, 0.3) is 0 Å². The summed E-state index contributed by atoms with van der Waals surface area (Å²) < 4.78 is 37.8. The molecule has 0 radical (unpaired) electrons. The quantitative estimate of drug-likeness (QED) is 0.809. The van der Waals surface area contributed by atoms with Crippen LogP contribution in [0.3, 0.4) is 0 Å². The van der Waals surface area contributed by atoms with Crippen molar-refractivity contribution in [2.45, 2.75) is 19.5 Å². The number of hydrogen-bond acceptors (Lipinski definition) is 3. The maximum absolute atomic E-state index is 12.6. The highest BCUT2D eigenvalue weighted by Crippen LogP contribution is 2.29. The van der Waals surface area contributed by atoms with Crippen molar-refractivity contribution in [3.05, 3.63) is 65.2 Å². The van der Waals surface area contributed by atoms with Crippen molar-refractivity contribution in [1.82, 2.24) is 9.80 Å². The van der Waals surface area contributed by atoms with Gasteiger partial charge in [0.25, 0.3) is 0 Å². The van der Waals surface area contributed by atoms with Gasteiger partial charge < -0.3 is 10.2 Å². The highest BCUT2D eigenvalue weighted by atomic mass is 19.4. The number of nitrogens with one attached hydrogen (secondary N) is 1. The molecule has 30 heavy (non-hydrogen) atoms. The first-order valence-electron chi connectivity index (χ1n) is 9.73. The van der Waals surface area contributed by atoms with Gasteiger partial charge in [-0.25, -0.2) is 0 Å². The topological polar surface area (TPSA) is 52.7 Å². The van der Waals surface area contributed by atoms with E-state index in [-0.39, 0.29) is 18.4 Å². The predicted octanol–water partition coefficient (Wildman–Crippen LogP) is 3.34. The molecule has 0 saturated carbocycles. The predicted molar refractivity (Wildman–Crippen MR) is 108 cm³/mol. The lowest BCUT2D eigenvalue weighted by atomic mass is 10.1. The smallest absolute Gasteiger partial charge is 0.340 e. The van der Waals surface area contributed by atoms with E-state index in [0.29, 0.717) is 38.3 Å². The summed E-state index contributed by atoms with van der Waals surface area (Å²) in [6.45, 7) is 4.34. The highest BCUT2D eigenvalue weighted by molar-refractivity contribution is 5.92. The molecule has 1 heterocycles. The monoisotopic (exact) mass is 419 g/mol. The van der Waals surface area contributed by atoms with E-state index >= 15 is 0 Å². The van der Waals surface area contributed by atoms with Crippen LogP contribution in [0.4, 0.5) is 18.9 Å². The molecule has 1 fully saturated rings. The zero-order valence-corrected chi connectivity index (χ0v) is 16.7. The minimum atomic E-state index is -4.40. The number of piperazine rings is 1. The Bertz CT molecular complexity index is 872. The van der Waals surface area contributed by atoms with Crippen LogP contribution in [-0.2, 0) is 22.2 Å². The normalized spacial score (nSPS) is 15.1. The lowest BCUT2D eigenvalue weighted by molar-refractivity contribution is -0.137. The van der Waals surface area contributed by atoms with Gasteiger partial charge in [0, 0.05) is 31.9 Å². The molecule has 0 spiro atoms. The molecular formula is C22H24F3N3O2. The van der Waals surface area contributed by atoms with Gasteiger partial charge >= 0.3 is 6.18 Å². The molecule has 5 nitrogen and oxygen atoms in total. The van der Waals surface area contributed by atoms with Crippen LogP contribution in [0, 0.1) is 6.92 Å². The van der Waals surface area contributed by atoms with E-state index in [2.05, 4.69) is 5.32 Å². The number of anilines is 1. The molecule has 160 valence electrons. The molecule has 0 atom stereocenters. The van der Waals surface area contributed by atoms with Gasteiger partial charge in [-0.1, -0.05) is 29.8 Å². The van der Waals surface area contributed by atoms with E-state index in [0.717, 1.165) is 23.3 Å². The minimum Gasteiger partial charge on any atom is -0.340 e. The average Bonchev–Trinajstić information content (AvgIpc) is 2.70. The molecule has 2 aromatic carbocycles. The first kappa shape index (κ1) is 21.8. The Hall–Kier alpha value is -2.87. The van der Waals surface area contributed by atoms with E-state index in [9.17, 15) is 22.8 Å². The van der Waals surface area contributed by atoms with Crippen molar-refractivity contribution in [1.29, 1.82) is 0 Å². The second-order valence-corrected chi connectivity index (χ2v) is 7.44. The first-order valence-corrected chi connectivity index (χ1v) is 9.73. The van der Waals surface area contributed by atoms with Crippen molar-refractivity contribution in [3.8, 4) is 0 Å². The van der Waals surface area contributed by atoms with Crippen molar-refractivity contribution in [3.63, 3.8) is 0 Å². The number of rotatable bonds is 5. The number of alkyl halides is 3. The molecule has 0 unspecified atom stereocenters. The van der Waals surface area contributed by atoms with Crippen molar-refractivity contribution >= 4 is 17.5 Å². The average molecular weight is 419 g/mol. The van der Waals surface area contributed by atoms with Crippen LogP contribution in [0.1, 0.15) is 16.7 Å². The number of nitrogens with zero attached hydrogens (tertiary/aromatic N) is 2. The fourth-order valence-corrected chi connectivity index (χ4v) is 3.29. The fraction of sp³-hybridized carbons (Fsp3) is 0.364. The maximum atomic E-state index is 12.6. The molecule has 0 bridgehead atoms. The van der Waals surface area contributed by atoms with E-state index in [1.165, 1.54) is 12.1 Å². The Balaban J connectivity index is 1.43. The van der Waals surface area contributed by atoms with Gasteiger partial charge in [0.1, 0.15) is 0 Å². The zero-order chi connectivity index (χ0) is 21.7. The molecule has 0 aliphatic carbocycles. The van der Waals surface area contributed by atoms with E-state index in [1.807, 2.05) is 36.1 Å². The summed E-state index contributed by atoms with van der Waals surface area (Å²) in [4.78, 5) is 28.4. The molecule has 1 saturated heterocycles. The molecule has 2 amide bonds. The number of aryl methyl sites for hydroxylation is 1. The lowest BCUT2D eigenvalue weighted by Crippen LogP contribution is -2.50. The zero-order valence-electron chi connectivity index (χ0n) is 16.7. The third-order valence-electron chi connectivity index (χ3n) is 5.06. The third-order valence-corrected chi connectivity index (χ3v) is 5.06. The van der Waals surface area contributed by atoms with Crippen LogP contribution >= 0.6 is 0 Å². The molecule has 1 N–H and O–H groups in total. The largest absolute Gasteiger partial charge is 0.416 e. The number of carbonyl (C=O) groups excluding carboxylic acids is 2. The molecule has 0 aromatic heterocycles. The van der Waals surface area contributed by atoms with Crippen molar-refractivity contribution < 1.29 is 22.8 Å². The summed E-state index contributed by atoms with van der Waals surface area (Å²) in [6, 6.07) is 12.2. The van der Waals surface area contributed by atoms with Gasteiger partial charge in [0.05, 0.1) is 18.5 Å². The summed E-state index contributed by atoms with van der Waals surface area (Å²) in [5.41, 5.74) is 1.69. The second-order valence-electron chi connectivity index (χ2n) is 7.44. The van der Waals surface area contributed by atoms with E-state index < -0.39 is 11.7 Å². The number of hydrogen-bond donors (Lipinski definition) is 1. The summed E-state index contributed by atoms with van der Waals surface area (Å²) in [5, 5.41) is 2.61. The molecule has 1 aliphatic heterocycles. The fourth-order valence-electron chi connectivity index (χ4n) is 3.29.